The summed E-state index contributed by atoms with van der Waals surface area (Å²) in [5.41, 5.74) is 1.92. The van der Waals surface area contributed by atoms with Crippen molar-refractivity contribution < 1.29 is 14.3 Å². The van der Waals surface area contributed by atoms with E-state index in [1.54, 1.807) is 24.5 Å². The molecule has 3 aromatic rings. The molecule has 1 amide bonds. The minimum absolute atomic E-state index is 0.0926. The van der Waals surface area contributed by atoms with Crippen LogP contribution in [0.5, 0.6) is 5.75 Å². The summed E-state index contributed by atoms with van der Waals surface area (Å²) in [6, 6.07) is 16.9. The van der Waals surface area contributed by atoms with Crippen LogP contribution >= 0.6 is 0 Å². The van der Waals surface area contributed by atoms with Crippen LogP contribution in [0.4, 0.5) is 5.69 Å². The predicted octanol–water partition coefficient (Wildman–Crippen LogP) is 3.95. The number of para-hydroxylation sites is 1. The number of aromatic nitrogens is 2. The number of carbonyl (C=O) groups excluding carboxylic acids is 1. The van der Waals surface area contributed by atoms with Gasteiger partial charge in [-0.15, -0.1) is 0 Å². The second-order valence-corrected chi connectivity index (χ2v) is 6.56. The Morgan fingerprint density at radius 2 is 1.82 bits per heavy atom. The van der Waals surface area contributed by atoms with Gasteiger partial charge in [0.25, 0.3) is 5.91 Å². The first kappa shape index (κ1) is 18.1. The van der Waals surface area contributed by atoms with E-state index in [1.807, 2.05) is 42.5 Å². The second-order valence-electron chi connectivity index (χ2n) is 6.56. The molecule has 1 unspecified atom stereocenters. The normalized spacial score (nSPS) is 15.9. The van der Waals surface area contributed by atoms with Crippen LogP contribution < -0.4 is 10.1 Å². The van der Waals surface area contributed by atoms with Gasteiger partial charge in [0, 0.05) is 12.2 Å². The van der Waals surface area contributed by atoms with Crippen LogP contribution in [0.3, 0.4) is 0 Å². The summed E-state index contributed by atoms with van der Waals surface area (Å²) >= 11 is 0. The molecular weight excluding hydrogens is 354 g/mol. The first-order chi connectivity index (χ1) is 13.8. The molecule has 142 valence electrons. The SMILES string of the molecule is O=C(Nc1cnc(-c2ccccc2)nc1)c1ccccc1OCC1CCCO1. The number of carbonyl (C=O) groups is 1. The smallest absolute Gasteiger partial charge is 0.259 e. The molecule has 1 aliphatic heterocycles. The molecule has 2 aromatic carbocycles. The number of nitrogens with one attached hydrogen (secondary N) is 1. The van der Waals surface area contributed by atoms with Crippen molar-refractivity contribution >= 4 is 11.6 Å². The molecular formula is C22H21N3O3. The van der Waals surface area contributed by atoms with Crippen molar-refractivity contribution in [3.05, 3.63) is 72.6 Å². The monoisotopic (exact) mass is 375 g/mol. The number of nitrogens with zero attached hydrogens (tertiary/aromatic N) is 2. The topological polar surface area (TPSA) is 73.3 Å². The molecule has 1 aromatic heterocycles. The second kappa shape index (κ2) is 8.63. The fourth-order valence-corrected chi connectivity index (χ4v) is 3.07. The van der Waals surface area contributed by atoms with Gasteiger partial charge in [-0.3, -0.25) is 4.79 Å². The van der Waals surface area contributed by atoms with Crippen LogP contribution in [-0.2, 0) is 4.74 Å². The standard InChI is InChI=1S/C22H21N3O3/c26-22(19-10-4-5-11-20(19)28-15-18-9-6-12-27-18)25-17-13-23-21(24-14-17)16-7-2-1-3-8-16/h1-5,7-8,10-11,13-14,18H,6,9,12,15H2,(H,25,26). The Hall–Kier alpha value is -3.25. The zero-order chi connectivity index (χ0) is 19.2. The number of hydrogen-bond acceptors (Lipinski definition) is 5. The maximum absolute atomic E-state index is 12.7. The van der Waals surface area contributed by atoms with Gasteiger partial charge in [-0.1, -0.05) is 42.5 Å². The third-order valence-electron chi connectivity index (χ3n) is 4.52. The first-order valence-electron chi connectivity index (χ1n) is 9.32. The molecule has 6 nitrogen and oxygen atoms in total. The molecule has 0 bridgehead atoms. The van der Waals surface area contributed by atoms with Crippen LogP contribution in [0.2, 0.25) is 0 Å². The molecule has 0 aliphatic carbocycles. The summed E-state index contributed by atoms with van der Waals surface area (Å²) in [5, 5.41) is 2.83. The van der Waals surface area contributed by atoms with Gasteiger partial charge < -0.3 is 14.8 Å². The molecule has 1 N–H and O–H groups in total. The highest BCUT2D eigenvalue weighted by Crippen LogP contribution is 2.22. The minimum atomic E-state index is -0.265. The molecule has 0 radical (unpaired) electrons. The van der Waals surface area contributed by atoms with Gasteiger partial charge >= 0.3 is 0 Å². The van der Waals surface area contributed by atoms with E-state index >= 15 is 0 Å². The molecule has 28 heavy (non-hydrogen) atoms. The molecule has 2 heterocycles. The van der Waals surface area contributed by atoms with Crippen LogP contribution in [-0.4, -0.2) is 35.2 Å². The van der Waals surface area contributed by atoms with E-state index in [0.717, 1.165) is 25.0 Å². The first-order valence-corrected chi connectivity index (χ1v) is 9.32. The molecule has 1 saturated heterocycles. The van der Waals surface area contributed by atoms with E-state index in [4.69, 9.17) is 9.47 Å². The number of anilines is 1. The molecule has 0 spiro atoms. The Morgan fingerprint density at radius 1 is 1.07 bits per heavy atom. The predicted molar refractivity (Wildman–Crippen MR) is 106 cm³/mol. The third kappa shape index (κ3) is 4.35. The highest BCUT2D eigenvalue weighted by atomic mass is 16.5. The van der Waals surface area contributed by atoms with Gasteiger partial charge in [-0.25, -0.2) is 9.97 Å². The quantitative estimate of drug-likeness (QED) is 0.706. The number of benzene rings is 2. The summed E-state index contributed by atoms with van der Waals surface area (Å²) in [7, 11) is 0. The Kier molecular flexibility index (Phi) is 5.58. The van der Waals surface area contributed by atoms with Gasteiger partial charge in [0.05, 0.1) is 29.7 Å². The Morgan fingerprint density at radius 3 is 2.57 bits per heavy atom. The van der Waals surface area contributed by atoms with Gasteiger partial charge in [0.2, 0.25) is 0 Å². The number of rotatable bonds is 6. The number of ether oxygens (including phenoxy) is 2. The van der Waals surface area contributed by atoms with Gasteiger partial charge in [-0.2, -0.15) is 0 Å². The average Bonchev–Trinajstić information content (AvgIpc) is 3.27. The summed E-state index contributed by atoms with van der Waals surface area (Å²) in [6.07, 6.45) is 5.33. The van der Waals surface area contributed by atoms with E-state index in [2.05, 4.69) is 15.3 Å². The highest BCUT2D eigenvalue weighted by Gasteiger charge is 2.18. The van der Waals surface area contributed by atoms with Crippen molar-refractivity contribution in [1.29, 1.82) is 0 Å². The van der Waals surface area contributed by atoms with E-state index in [-0.39, 0.29) is 12.0 Å². The summed E-state index contributed by atoms with van der Waals surface area (Å²) in [4.78, 5) is 21.4. The van der Waals surface area contributed by atoms with E-state index < -0.39 is 0 Å². The summed E-state index contributed by atoms with van der Waals surface area (Å²) in [6.45, 7) is 1.22. The molecule has 4 rings (SSSR count). The van der Waals surface area contributed by atoms with Crippen LogP contribution in [0, 0.1) is 0 Å². The van der Waals surface area contributed by atoms with Crippen molar-refractivity contribution in [2.75, 3.05) is 18.5 Å². The van der Waals surface area contributed by atoms with Gasteiger partial charge in [0.1, 0.15) is 12.4 Å². The van der Waals surface area contributed by atoms with Crippen LogP contribution in [0.1, 0.15) is 23.2 Å². The van der Waals surface area contributed by atoms with E-state index in [9.17, 15) is 4.79 Å². The van der Waals surface area contributed by atoms with Crippen molar-refractivity contribution in [3.63, 3.8) is 0 Å². The lowest BCUT2D eigenvalue weighted by Gasteiger charge is -2.14. The van der Waals surface area contributed by atoms with Crippen molar-refractivity contribution in [2.45, 2.75) is 18.9 Å². The van der Waals surface area contributed by atoms with E-state index in [1.165, 1.54) is 0 Å². The van der Waals surface area contributed by atoms with E-state index in [0.29, 0.717) is 29.4 Å². The molecule has 1 aliphatic rings. The minimum Gasteiger partial charge on any atom is -0.490 e. The van der Waals surface area contributed by atoms with Gasteiger partial charge in [0.15, 0.2) is 5.82 Å². The van der Waals surface area contributed by atoms with Crippen LogP contribution in [0.15, 0.2) is 67.0 Å². The molecule has 6 heteroatoms. The largest absolute Gasteiger partial charge is 0.490 e. The lowest BCUT2D eigenvalue weighted by Crippen LogP contribution is -2.19. The van der Waals surface area contributed by atoms with Gasteiger partial charge in [-0.05, 0) is 25.0 Å². The highest BCUT2D eigenvalue weighted by molar-refractivity contribution is 6.06. The molecule has 0 saturated carbocycles. The van der Waals surface area contributed by atoms with Crippen LogP contribution in [0.25, 0.3) is 11.4 Å². The molecule has 1 fully saturated rings. The number of hydrogen-bond donors (Lipinski definition) is 1. The zero-order valence-electron chi connectivity index (χ0n) is 15.4. The van der Waals surface area contributed by atoms with Crippen molar-refractivity contribution in [3.8, 4) is 17.1 Å². The maximum Gasteiger partial charge on any atom is 0.259 e. The average molecular weight is 375 g/mol. The Bertz CT molecular complexity index is 923. The number of amides is 1. The lowest BCUT2D eigenvalue weighted by atomic mass is 10.2. The Labute approximate surface area is 163 Å². The fourth-order valence-electron chi connectivity index (χ4n) is 3.07. The maximum atomic E-state index is 12.7. The Balaban J connectivity index is 1.43. The third-order valence-corrected chi connectivity index (χ3v) is 4.52. The summed E-state index contributed by atoms with van der Waals surface area (Å²) < 4.78 is 11.4. The lowest BCUT2D eigenvalue weighted by molar-refractivity contribution is 0.0673. The van der Waals surface area contributed by atoms with Crippen molar-refractivity contribution in [1.82, 2.24) is 9.97 Å². The molecule has 1 atom stereocenters. The zero-order valence-corrected chi connectivity index (χ0v) is 15.4. The summed E-state index contributed by atoms with van der Waals surface area (Å²) in [5.74, 6) is 0.884. The van der Waals surface area contributed by atoms with Crippen molar-refractivity contribution in [2.24, 2.45) is 0 Å². The fraction of sp³-hybridized carbons (Fsp3) is 0.227.